The molecule has 0 aliphatic heterocycles. The molecule has 0 amide bonds. The zero-order valence-electron chi connectivity index (χ0n) is 7.61. The van der Waals surface area contributed by atoms with Crippen LogP contribution >= 0.6 is 0 Å². The molecule has 1 rings (SSSR count). The number of rotatable bonds is 3. The van der Waals surface area contributed by atoms with E-state index in [1.807, 2.05) is 0 Å². The van der Waals surface area contributed by atoms with E-state index in [1.54, 1.807) is 0 Å². The van der Waals surface area contributed by atoms with Gasteiger partial charge in [0.1, 0.15) is 5.82 Å². The minimum absolute atomic E-state index is 0.0769. The Labute approximate surface area is 80.1 Å². The standard InChI is InChI=1S/C9H10FNO3/c1-6(12)4-7-5-8(11(13)14)2-3-9(7)10/h2-3,5-6,12H,4H2,1H3/t6-/m0/s1. The van der Waals surface area contributed by atoms with Gasteiger partial charge in [-0.3, -0.25) is 10.1 Å². The normalized spacial score (nSPS) is 12.5. The maximum absolute atomic E-state index is 13.1. The summed E-state index contributed by atoms with van der Waals surface area (Å²) in [5.41, 5.74) is -0.00347. The fourth-order valence-electron chi connectivity index (χ4n) is 1.15. The second-order valence-corrected chi connectivity index (χ2v) is 3.09. The summed E-state index contributed by atoms with van der Waals surface area (Å²) in [6.45, 7) is 1.50. The van der Waals surface area contributed by atoms with Gasteiger partial charge in [0.05, 0.1) is 11.0 Å². The second-order valence-electron chi connectivity index (χ2n) is 3.09. The van der Waals surface area contributed by atoms with Gasteiger partial charge in [-0.1, -0.05) is 0 Å². The predicted octanol–water partition coefficient (Wildman–Crippen LogP) is 1.66. The highest BCUT2D eigenvalue weighted by Crippen LogP contribution is 2.17. The van der Waals surface area contributed by atoms with E-state index in [0.29, 0.717) is 0 Å². The van der Waals surface area contributed by atoms with Crippen LogP contribution in [0, 0.1) is 15.9 Å². The molecular weight excluding hydrogens is 189 g/mol. The lowest BCUT2D eigenvalue weighted by atomic mass is 10.1. The minimum Gasteiger partial charge on any atom is -0.393 e. The summed E-state index contributed by atoms with van der Waals surface area (Å²) in [4.78, 5) is 9.78. The fraction of sp³-hybridized carbons (Fsp3) is 0.333. The molecule has 14 heavy (non-hydrogen) atoms. The number of nitro groups is 1. The van der Waals surface area contributed by atoms with E-state index in [-0.39, 0.29) is 17.7 Å². The Balaban J connectivity index is 3.02. The Morgan fingerprint density at radius 1 is 1.64 bits per heavy atom. The van der Waals surface area contributed by atoms with Gasteiger partial charge in [0.25, 0.3) is 5.69 Å². The lowest BCUT2D eigenvalue weighted by Gasteiger charge is -2.04. The van der Waals surface area contributed by atoms with Crippen molar-refractivity contribution in [2.75, 3.05) is 0 Å². The van der Waals surface area contributed by atoms with Gasteiger partial charge in [0, 0.05) is 18.6 Å². The predicted molar refractivity (Wildman–Crippen MR) is 48.4 cm³/mol. The lowest BCUT2D eigenvalue weighted by molar-refractivity contribution is -0.385. The van der Waals surface area contributed by atoms with Gasteiger partial charge < -0.3 is 5.11 Å². The van der Waals surface area contributed by atoms with Crippen molar-refractivity contribution in [3.63, 3.8) is 0 Å². The first-order valence-corrected chi connectivity index (χ1v) is 4.11. The SMILES string of the molecule is C[C@H](O)Cc1cc([N+](=O)[O-])ccc1F. The van der Waals surface area contributed by atoms with Gasteiger partial charge in [-0.25, -0.2) is 4.39 Å². The summed E-state index contributed by atoms with van der Waals surface area (Å²) in [5.74, 6) is -0.531. The van der Waals surface area contributed by atoms with Crippen LogP contribution in [0.1, 0.15) is 12.5 Å². The molecule has 76 valence electrons. The van der Waals surface area contributed by atoms with Crippen LogP contribution in [-0.4, -0.2) is 16.1 Å². The molecule has 0 aromatic heterocycles. The van der Waals surface area contributed by atoms with E-state index >= 15 is 0 Å². The number of aliphatic hydroxyl groups is 1. The van der Waals surface area contributed by atoms with Crippen LogP contribution in [0.3, 0.4) is 0 Å². The topological polar surface area (TPSA) is 63.4 Å². The number of halogens is 1. The Kier molecular flexibility index (Phi) is 3.14. The second kappa shape index (κ2) is 4.15. The van der Waals surface area contributed by atoms with Crippen LogP contribution in [0.4, 0.5) is 10.1 Å². The van der Waals surface area contributed by atoms with Crippen LogP contribution in [0.15, 0.2) is 18.2 Å². The number of hydrogen-bond acceptors (Lipinski definition) is 3. The molecule has 1 atom stereocenters. The highest BCUT2D eigenvalue weighted by Gasteiger charge is 2.11. The van der Waals surface area contributed by atoms with E-state index in [2.05, 4.69) is 0 Å². The Morgan fingerprint density at radius 3 is 2.79 bits per heavy atom. The summed E-state index contributed by atoms with van der Waals surface area (Å²) >= 11 is 0. The Morgan fingerprint density at radius 2 is 2.29 bits per heavy atom. The Hall–Kier alpha value is -1.49. The van der Waals surface area contributed by atoms with Crippen LogP contribution in [0.5, 0.6) is 0 Å². The third-order valence-electron chi connectivity index (χ3n) is 1.76. The number of benzene rings is 1. The average molecular weight is 199 g/mol. The third-order valence-corrected chi connectivity index (χ3v) is 1.76. The molecule has 0 bridgehead atoms. The molecule has 4 nitrogen and oxygen atoms in total. The van der Waals surface area contributed by atoms with Crippen LogP contribution < -0.4 is 0 Å². The molecule has 1 aromatic carbocycles. The van der Waals surface area contributed by atoms with E-state index in [4.69, 9.17) is 5.11 Å². The molecule has 0 spiro atoms. The number of non-ortho nitro benzene ring substituents is 1. The first-order chi connectivity index (χ1) is 6.50. The van der Waals surface area contributed by atoms with Crippen LogP contribution in [0.25, 0.3) is 0 Å². The molecule has 0 aliphatic rings. The van der Waals surface area contributed by atoms with Crippen molar-refractivity contribution >= 4 is 5.69 Å². The van der Waals surface area contributed by atoms with E-state index in [9.17, 15) is 14.5 Å². The summed E-state index contributed by atoms with van der Waals surface area (Å²) in [6.07, 6.45) is -0.639. The molecule has 0 fully saturated rings. The van der Waals surface area contributed by atoms with Crippen molar-refractivity contribution in [3.8, 4) is 0 Å². The van der Waals surface area contributed by atoms with Gasteiger partial charge in [0.15, 0.2) is 0 Å². The summed E-state index contributed by atoms with van der Waals surface area (Å²) < 4.78 is 13.1. The van der Waals surface area contributed by atoms with Gasteiger partial charge >= 0.3 is 0 Å². The molecule has 0 heterocycles. The van der Waals surface area contributed by atoms with E-state index < -0.39 is 16.8 Å². The van der Waals surface area contributed by atoms with Crippen LogP contribution in [-0.2, 0) is 6.42 Å². The smallest absolute Gasteiger partial charge is 0.269 e. The zero-order valence-corrected chi connectivity index (χ0v) is 7.61. The van der Waals surface area contributed by atoms with Crippen LogP contribution in [0.2, 0.25) is 0 Å². The zero-order chi connectivity index (χ0) is 10.7. The monoisotopic (exact) mass is 199 g/mol. The molecular formula is C9H10FNO3. The molecule has 0 radical (unpaired) electrons. The van der Waals surface area contributed by atoms with Crippen molar-refractivity contribution in [2.24, 2.45) is 0 Å². The van der Waals surface area contributed by atoms with Gasteiger partial charge in [-0.2, -0.15) is 0 Å². The van der Waals surface area contributed by atoms with E-state index in [1.165, 1.54) is 6.92 Å². The highest BCUT2D eigenvalue weighted by molar-refractivity contribution is 5.35. The molecule has 0 unspecified atom stereocenters. The number of nitrogens with zero attached hydrogens (tertiary/aromatic N) is 1. The van der Waals surface area contributed by atoms with Crippen molar-refractivity contribution in [2.45, 2.75) is 19.4 Å². The maximum Gasteiger partial charge on any atom is 0.269 e. The number of hydrogen-bond donors (Lipinski definition) is 1. The molecule has 5 heteroatoms. The molecule has 1 aromatic rings. The summed E-state index contributed by atoms with van der Waals surface area (Å²) in [5, 5.41) is 19.4. The number of nitro benzene ring substituents is 1. The summed E-state index contributed by atoms with van der Waals surface area (Å²) in [7, 11) is 0. The molecule has 1 N–H and O–H groups in total. The van der Waals surface area contributed by atoms with Gasteiger partial charge in [-0.05, 0) is 18.6 Å². The van der Waals surface area contributed by atoms with Crippen molar-refractivity contribution < 1.29 is 14.4 Å². The molecule has 0 aliphatic carbocycles. The minimum atomic E-state index is -0.716. The fourth-order valence-corrected chi connectivity index (χ4v) is 1.15. The highest BCUT2D eigenvalue weighted by atomic mass is 19.1. The van der Waals surface area contributed by atoms with E-state index in [0.717, 1.165) is 18.2 Å². The maximum atomic E-state index is 13.1. The van der Waals surface area contributed by atoms with Crippen molar-refractivity contribution in [3.05, 3.63) is 39.7 Å². The summed E-state index contributed by atoms with van der Waals surface area (Å²) in [6, 6.07) is 3.28. The quantitative estimate of drug-likeness (QED) is 0.594. The van der Waals surface area contributed by atoms with Crippen molar-refractivity contribution in [1.82, 2.24) is 0 Å². The molecule has 0 saturated carbocycles. The lowest BCUT2D eigenvalue weighted by Crippen LogP contribution is -2.06. The first-order valence-electron chi connectivity index (χ1n) is 4.11. The van der Waals surface area contributed by atoms with Gasteiger partial charge in [0.2, 0.25) is 0 Å². The third kappa shape index (κ3) is 2.50. The van der Waals surface area contributed by atoms with Gasteiger partial charge in [-0.15, -0.1) is 0 Å². The Bertz CT molecular complexity index is 352. The first kappa shape index (κ1) is 10.6. The molecule has 0 saturated heterocycles. The van der Waals surface area contributed by atoms with Crippen molar-refractivity contribution in [1.29, 1.82) is 0 Å². The average Bonchev–Trinajstić information content (AvgIpc) is 2.07. The largest absolute Gasteiger partial charge is 0.393 e. The number of aliphatic hydroxyl groups excluding tert-OH is 1.